The van der Waals surface area contributed by atoms with E-state index in [1.54, 1.807) is 0 Å². The fraction of sp³-hybridized carbons (Fsp3) is 0.385. The van der Waals surface area contributed by atoms with Crippen LogP contribution in [-0.2, 0) is 11.2 Å². The van der Waals surface area contributed by atoms with Gasteiger partial charge in [-0.2, -0.15) is 5.26 Å². The zero-order valence-corrected chi connectivity index (χ0v) is 9.99. The number of rotatable bonds is 6. The van der Waals surface area contributed by atoms with Gasteiger partial charge in [0.05, 0.1) is 19.0 Å². The molecule has 0 aliphatic rings. The number of benzene rings is 1. The number of hydrogen-bond acceptors (Lipinski definition) is 3. The van der Waals surface area contributed by atoms with Crippen molar-refractivity contribution in [3.8, 4) is 6.07 Å². The van der Waals surface area contributed by atoms with Gasteiger partial charge < -0.3 is 10.6 Å². The Kier molecular flexibility index (Phi) is 5.59. The fourth-order valence-corrected chi connectivity index (χ4v) is 1.50. The number of amides is 1. The molecule has 4 heteroatoms. The van der Waals surface area contributed by atoms with Crippen LogP contribution in [0.1, 0.15) is 18.9 Å². The van der Waals surface area contributed by atoms with Gasteiger partial charge in [0, 0.05) is 12.2 Å². The first kappa shape index (κ1) is 13.0. The third-order valence-electron chi connectivity index (χ3n) is 2.40. The number of para-hydroxylation sites is 1. The van der Waals surface area contributed by atoms with E-state index in [0.717, 1.165) is 12.1 Å². The maximum absolute atomic E-state index is 11.4. The van der Waals surface area contributed by atoms with Crippen LogP contribution in [-0.4, -0.2) is 19.0 Å². The van der Waals surface area contributed by atoms with Gasteiger partial charge in [0.25, 0.3) is 0 Å². The highest BCUT2D eigenvalue weighted by Crippen LogP contribution is 2.14. The summed E-state index contributed by atoms with van der Waals surface area (Å²) < 4.78 is 0. The first-order valence-electron chi connectivity index (χ1n) is 5.73. The Morgan fingerprint density at radius 2 is 2.18 bits per heavy atom. The molecule has 2 N–H and O–H groups in total. The summed E-state index contributed by atoms with van der Waals surface area (Å²) in [4.78, 5) is 11.4. The van der Waals surface area contributed by atoms with E-state index in [2.05, 4.69) is 17.6 Å². The molecular weight excluding hydrogens is 214 g/mol. The Labute approximate surface area is 102 Å². The molecule has 4 nitrogen and oxygen atoms in total. The molecule has 0 atom stereocenters. The van der Waals surface area contributed by atoms with Crippen molar-refractivity contribution in [3.05, 3.63) is 29.8 Å². The van der Waals surface area contributed by atoms with E-state index in [0.29, 0.717) is 13.0 Å². The second-order valence-corrected chi connectivity index (χ2v) is 3.62. The van der Waals surface area contributed by atoms with Crippen LogP contribution in [0.5, 0.6) is 0 Å². The molecule has 0 aromatic heterocycles. The fourth-order valence-electron chi connectivity index (χ4n) is 1.50. The second-order valence-electron chi connectivity index (χ2n) is 3.62. The van der Waals surface area contributed by atoms with E-state index in [9.17, 15) is 4.79 Å². The molecule has 0 aliphatic carbocycles. The molecule has 0 saturated heterocycles. The molecule has 0 fully saturated rings. The minimum Gasteiger partial charge on any atom is -0.376 e. The van der Waals surface area contributed by atoms with Crippen molar-refractivity contribution >= 4 is 11.6 Å². The minimum atomic E-state index is -0.0915. The highest BCUT2D eigenvalue weighted by Gasteiger charge is 2.02. The van der Waals surface area contributed by atoms with E-state index >= 15 is 0 Å². The third kappa shape index (κ3) is 4.56. The summed E-state index contributed by atoms with van der Waals surface area (Å²) in [5.41, 5.74) is 2.18. The van der Waals surface area contributed by atoms with Gasteiger partial charge in [0.15, 0.2) is 0 Å². The average Bonchev–Trinajstić information content (AvgIpc) is 2.37. The molecule has 0 saturated carbocycles. The smallest absolute Gasteiger partial charge is 0.239 e. The molecule has 1 aromatic rings. The largest absolute Gasteiger partial charge is 0.376 e. The maximum Gasteiger partial charge on any atom is 0.239 e. The van der Waals surface area contributed by atoms with Crippen molar-refractivity contribution in [2.75, 3.05) is 18.4 Å². The quantitative estimate of drug-likeness (QED) is 0.732. The first-order valence-corrected chi connectivity index (χ1v) is 5.73. The Morgan fingerprint density at radius 1 is 1.41 bits per heavy atom. The Bertz CT molecular complexity index is 409. The predicted molar refractivity (Wildman–Crippen MR) is 67.5 cm³/mol. The van der Waals surface area contributed by atoms with Crippen molar-refractivity contribution in [2.45, 2.75) is 19.8 Å². The zero-order chi connectivity index (χ0) is 12.5. The van der Waals surface area contributed by atoms with Crippen molar-refractivity contribution in [1.29, 1.82) is 5.26 Å². The number of anilines is 1. The molecule has 0 spiro atoms. The van der Waals surface area contributed by atoms with Crippen LogP contribution >= 0.6 is 0 Å². The van der Waals surface area contributed by atoms with Gasteiger partial charge in [-0.05, 0) is 18.1 Å². The van der Waals surface area contributed by atoms with Crippen LogP contribution in [0, 0.1) is 11.3 Å². The van der Waals surface area contributed by atoms with Gasteiger partial charge in [-0.25, -0.2) is 0 Å². The van der Waals surface area contributed by atoms with Gasteiger partial charge in [0.2, 0.25) is 5.91 Å². The molecule has 0 aliphatic heterocycles. The van der Waals surface area contributed by atoms with E-state index in [1.165, 1.54) is 5.56 Å². The molecule has 0 unspecified atom stereocenters. The van der Waals surface area contributed by atoms with Gasteiger partial charge in [-0.15, -0.1) is 0 Å². The van der Waals surface area contributed by atoms with Crippen molar-refractivity contribution in [3.63, 3.8) is 0 Å². The highest BCUT2D eigenvalue weighted by atomic mass is 16.1. The van der Waals surface area contributed by atoms with Crippen LogP contribution in [0.25, 0.3) is 0 Å². The summed E-state index contributed by atoms with van der Waals surface area (Å²) in [6.45, 7) is 2.72. The SMILES string of the molecule is CCc1ccccc1NCC(=O)NCCC#N. The van der Waals surface area contributed by atoms with Gasteiger partial charge >= 0.3 is 0 Å². The molecule has 1 aromatic carbocycles. The third-order valence-corrected chi connectivity index (χ3v) is 2.40. The van der Waals surface area contributed by atoms with Crippen LogP contribution in [0.2, 0.25) is 0 Å². The van der Waals surface area contributed by atoms with Crippen LogP contribution in [0.3, 0.4) is 0 Å². The number of carbonyl (C=O) groups is 1. The molecule has 0 radical (unpaired) electrons. The molecule has 17 heavy (non-hydrogen) atoms. The van der Waals surface area contributed by atoms with Gasteiger partial charge in [0.1, 0.15) is 0 Å². The molecular formula is C13H17N3O. The minimum absolute atomic E-state index is 0.0915. The normalized spacial score (nSPS) is 9.41. The van der Waals surface area contributed by atoms with E-state index in [4.69, 9.17) is 5.26 Å². The molecule has 0 bridgehead atoms. The number of carbonyl (C=O) groups excluding carboxylic acids is 1. The standard InChI is InChI=1S/C13H17N3O/c1-2-11-6-3-4-7-12(11)16-10-13(17)15-9-5-8-14/h3-4,6-7,16H,2,5,9-10H2,1H3,(H,15,17). The van der Waals surface area contributed by atoms with Gasteiger partial charge in [-0.1, -0.05) is 25.1 Å². The molecule has 0 heterocycles. The lowest BCUT2D eigenvalue weighted by Crippen LogP contribution is -2.30. The average molecular weight is 231 g/mol. The van der Waals surface area contributed by atoms with Crippen molar-refractivity contribution < 1.29 is 4.79 Å². The predicted octanol–water partition coefficient (Wildman–Crippen LogP) is 1.69. The summed E-state index contributed by atoms with van der Waals surface area (Å²) in [6.07, 6.45) is 1.27. The van der Waals surface area contributed by atoms with Crippen molar-refractivity contribution in [2.24, 2.45) is 0 Å². The summed E-state index contributed by atoms with van der Waals surface area (Å²) in [5, 5.41) is 14.1. The summed E-state index contributed by atoms with van der Waals surface area (Å²) in [6, 6.07) is 9.90. The zero-order valence-electron chi connectivity index (χ0n) is 9.99. The number of nitrogens with one attached hydrogen (secondary N) is 2. The van der Waals surface area contributed by atoms with Crippen molar-refractivity contribution in [1.82, 2.24) is 5.32 Å². The Balaban J connectivity index is 2.39. The number of nitrogens with zero attached hydrogens (tertiary/aromatic N) is 1. The first-order chi connectivity index (χ1) is 8.27. The number of hydrogen-bond donors (Lipinski definition) is 2. The lowest BCUT2D eigenvalue weighted by molar-refractivity contribution is -0.119. The monoisotopic (exact) mass is 231 g/mol. The number of nitriles is 1. The van der Waals surface area contributed by atoms with Crippen LogP contribution < -0.4 is 10.6 Å². The number of aryl methyl sites for hydroxylation is 1. The summed E-state index contributed by atoms with van der Waals surface area (Å²) in [7, 11) is 0. The molecule has 90 valence electrons. The Hall–Kier alpha value is -2.02. The molecule has 1 amide bonds. The highest BCUT2D eigenvalue weighted by molar-refractivity contribution is 5.80. The van der Waals surface area contributed by atoms with Crippen LogP contribution in [0.4, 0.5) is 5.69 Å². The molecule has 1 rings (SSSR count). The van der Waals surface area contributed by atoms with E-state index < -0.39 is 0 Å². The lowest BCUT2D eigenvalue weighted by Gasteiger charge is -2.10. The maximum atomic E-state index is 11.4. The van der Waals surface area contributed by atoms with E-state index in [1.807, 2.05) is 30.3 Å². The van der Waals surface area contributed by atoms with E-state index in [-0.39, 0.29) is 12.5 Å². The van der Waals surface area contributed by atoms with Gasteiger partial charge in [-0.3, -0.25) is 4.79 Å². The lowest BCUT2D eigenvalue weighted by atomic mass is 10.1. The Morgan fingerprint density at radius 3 is 2.88 bits per heavy atom. The topological polar surface area (TPSA) is 64.9 Å². The summed E-state index contributed by atoms with van der Waals surface area (Å²) >= 11 is 0. The summed E-state index contributed by atoms with van der Waals surface area (Å²) in [5.74, 6) is -0.0915. The second kappa shape index (κ2) is 7.29. The van der Waals surface area contributed by atoms with Crippen LogP contribution in [0.15, 0.2) is 24.3 Å².